The van der Waals surface area contributed by atoms with Gasteiger partial charge >= 0.3 is 11.9 Å². The molecule has 1 N–H and O–H groups in total. The van der Waals surface area contributed by atoms with Crippen molar-refractivity contribution in [2.45, 2.75) is 0 Å². The molecule has 0 aliphatic heterocycles. The monoisotopic (exact) mass is 196 g/mol. The van der Waals surface area contributed by atoms with Crippen molar-refractivity contribution in [2.75, 3.05) is 7.11 Å². The van der Waals surface area contributed by atoms with Gasteiger partial charge in [0.05, 0.1) is 18.2 Å². The third-order valence-electron chi connectivity index (χ3n) is 1.62. The number of ether oxygens (including phenoxy) is 1. The van der Waals surface area contributed by atoms with E-state index in [2.05, 4.69) is 9.62 Å². The summed E-state index contributed by atoms with van der Waals surface area (Å²) >= 11 is 0. The molecule has 5 nitrogen and oxygen atoms in total. The Balaban J connectivity index is 2.89. The Morgan fingerprint density at radius 2 is 1.50 bits per heavy atom. The molecule has 1 aromatic carbocycles. The Kier molecular flexibility index (Phi) is 3.19. The molecule has 1 rings (SSSR count). The molecule has 5 heteroatoms. The first-order chi connectivity index (χ1) is 6.69. The van der Waals surface area contributed by atoms with Crippen LogP contribution in [-0.2, 0) is 9.62 Å². The van der Waals surface area contributed by atoms with Crippen LogP contribution in [0.1, 0.15) is 20.7 Å². The summed E-state index contributed by atoms with van der Waals surface area (Å²) in [5, 5.41) is 8.07. The fraction of sp³-hybridized carbons (Fsp3) is 0.111. The van der Waals surface area contributed by atoms with Crippen molar-refractivity contribution < 1.29 is 24.5 Å². The van der Waals surface area contributed by atoms with Crippen LogP contribution >= 0.6 is 0 Å². The van der Waals surface area contributed by atoms with Gasteiger partial charge in [-0.25, -0.2) is 9.59 Å². The van der Waals surface area contributed by atoms with Crippen LogP contribution in [0.4, 0.5) is 0 Å². The molecular formula is C9H8O5. The first-order valence-electron chi connectivity index (χ1n) is 3.73. The van der Waals surface area contributed by atoms with Gasteiger partial charge in [0.15, 0.2) is 0 Å². The lowest BCUT2D eigenvalue weighted by atomic mass is 10.1. The van der Waals surface area contributed by atoms with E-state index in [1.807, 2.05) is 0 Å². The Bertz CT molecular complexity index is 306. The predicted octanol–water partition coefficient (Wildman–Crippen LogP) is 1.10. The van der Waals surface area contributed by atoms with Crippen LogP contribution in [0.2, 0.25) is 0 Å². The van der Waals surface area contributed by atoms with E-state index in [-0.39, 0.29) is 5.56 Å². The molecule has 0 heterocycles. The number of benzene rings is 1. The van der Waals surface area contributed by atoms with Crippen molar-refractivity contribution in [3.05, 3.63) is 35.4 Å². The highest BCUT2D eigenvalue weighted by molar-refractivity contribution is 5.92. The van der Waals surface area contributed by atoms with Crippen molar-refractivity contribution in [1.82, 2.24) is 0 Å². The van der Waals surface area contributed by atoms with Gasteiger partial charge in [0.25, 0.3) is 0 Å². The lowest BCUT2D eigenvalue weighted by Gasteiger charge is -1.99. The van der Waals surface area contributed by atoms with Gasteiger partial charge in [-0.3, -0.25) is 4.89 Å². The van der Waals surface area contributed by atoms with Gasteiger partial charge in [0, 0.05) is 0 Å². The van der Waals surface area contributed by atoms with Crippen LogP contribution in [0.15, 0.2) is 24.3 Å². The molecule has 0 saturated carbocycles. The average molecular weight is 196 g/mol. The number of carbonyl (C=O) groups is 2. The zero-order valence-corrected chi connectivity index (χ0v) is 7.39. The van der Waals surface area contributed by atoms with E-state index in [1.165, 1.54) is 31.4 Å². The quantitative estimate of drug-likeness (QED) is 0.435. The molecule has 14 heavy (non-hydrogen) atoms. The summed E-state index contributed by atoms with van der Waals surface area (Å²) in [5.41, 5.74) is 0.474. The highest BCUT2D eigenvalue weighted by Gasteiger charge is 2.09. The molecule has 0 aliphatic carbocycles. The molecule has 74 valence electrons. The van der Waals surface area contributed by atoms with E-state index in [9.17, 15) is 9.59 Å². The maximum absolute atomic E-state index is 11.0. The smallest absolute Gasteiger partial charge is 0.372 e. The minimum atomic E-state index is -0.874. The standard InChI is InChI=1S/C9H8O5/c1-13-8(10)6-2-4-7(5-3-6)9(11)14-12/h2-5,12H,1H3. The Labute approximate surface area is 79.8 Å². The van der Waals surface area contributed by atoms with Gasteiger partial charge in [0.2, 0.25) is 0 Å². The van der Waals surface area contributed by atoms with Gasteiger partial charge in [0.1, 0.15) is 0 Å². The molecule has 0 fully saturated rings. The van der Waals surface area contributed by atoms with Crippen LogP contribution in [0.25, 0.3) is 0 Å². The van der Waals surface area contributed by atoms with Gasteiger partial charge in [-0.05, 0) is 24.3 Å². The average Bonchev–Trinajstić information content (AvgIpc) is 2.27. The number of methoxy groups -OCH3 is 1. The van der Waals surface area contributed by atoms with Gasteiger partial charge < -0.3 is 4.74 Å². The summed E-state index contributed by atoms with van der Waals surface area (Å²) in [6.45, 7) is 0. The maximum atomic E-state index is 11.0. The topological polar surface area (TPSA) is 72.8 Å². The van der Waals surface area contributed by atoms with E-state index in [0.717, 1.165) is 0 Å². The SMILES string of the molecule is COC(=O)c1ccc(C(=O)OO)cc1. The second-order valence-corrected chi connectivity index (χ2v) is 2.45. The van der Waals surface area contributed by atoms with Gasteiger partial charge in [-0.15, -0.1) is 0 Å². The second-order valence-electron chi connectivity index (χ2n) is 2.45. The molecule has 0 atom stereocenters. The third-order valence-corrected chi connectivity index (χ3v) is 1.62. The number of hydrogen-bond acceptors (Lipinski definition) is 5. The van der Waals surface area contributed by atoms with Crippen molar-refractivity contribution >= 4 is 11.9 Å². The predicted molar refractivity (Wildman–Crippen MR) is 45.8 cm³/mol. The minimum absolute atomic E-state index is 0.153. The fourth-order valence-corrected chi connectivity index (χ4v) is 0.913. The lowest BCUT2D eigenvalue weighted by molar-refractivity contribution is -0.182. The van der Waals surface area contributed by atoms with Crippen molar-refractivity contribution in [3.63, 3.8) is 0 Å². The molecular weight excluding hydrogens is 188 g/mol. The first kappa shape index (κ1) is 10.2. The normalized spacial score (nSPS) is 9.29. The Hall–Kier alpha value is -1.88. The summed E-state index contributed by atoms with van der Waals surface area (Å²) in [6, 6.07) is 5.51. The van der Waals surface area contributed by atoms with E-state index in [1.54, 1.807) is 0 Å². The molecule has 0 radical (unpaired) electrons. The van der Waals surface area contributed by atoms with Crippen LogP contribution in [0.3, 0.4) is 0 Å². The molecule has 1 aromatic rings. The van der Waals surface area contributed by atoms with Crippen molar-refractivity contribution in [2.24, 2.45) is 0 Å². The van der Waals surface area contributed by atoms with E-state index < -0.39 is 11.9 Å². The van der Waals surface area contributed by atoms with Crippen LogP contribution in [0.5, 0.6) is 0 Å². The zero-order chi connectivity index (χ0) is 10.6. The number of rotatable bonds is 2. The molecule has 0 bridgehead atoms. The third kappa shape index (κ3) is 2.08. The number of esters is 1. The molecule has 0 amide bonds. The van der Waals surface area contributed by atoms with E-state index in [0.29, 0.717) is 5.56 Å². The summed E-state index contributed by atoms with van der Waals surface area (Å²) in [6.07, 6.45) is 0. The highest BCUT2D eigenvalue weighted by atomic mass is 17.1. The zero-order valence-electron chi connectivity index (χ0n) is 7.39. The molecule has 0 aliphatic rings. The van der Waals surface area contributed by atoms with Crippen LogP contribution in [-0.4, -0.2) is 24.3 Å². The summed E-state index contributed by atoms with van der Waals surface area (Å²) in [5.74, 6) is -1.37. The molecule has 0 unspecified atom stereocenters. The summed E-state index contributed by atoms with van der Waals surface area (Å²) in [7, 11) is 1.26. The van der Waals surface area contributed by atoms with Crippen molar-refractivity contribution in [3.8, 4) is 0 Å². The fourth-order valence-electron chi connectivity index (χ4n) is 0.913. The number of carbonyl (C=O) groups excluding carboxylic acids is 2. The van der Waals surface area contributed by atoms with Crippen LogP contribution < -0.4 is 0 Å². The highest BCUT2D eigenvalue weighted by Crippen LogP contribution is 2.06. The van der Waals surface area contributed by atoms with E-state index in [4.69, 9.17) is 5.26 Å². The van der Waals surface area contributed by atoms with Crippen molar-refractivity contribution in [1.29, 1.82) is 0 Å². The van der Waals surface area contributed by atoms with E-state index >= 15 is 0 Å². The van der Waals surface area contributed by atoms with Gasteiger partial charge in [-0.1, -0.05) is 0 Å². The molecule has 0 saturated heterocycles. The Morgan fingerprint density at radius 1 is 1.07 bits per heavy atom. The maximum Gasteiger partial charge on any atom is 0.372 e. The molecule has 0 aromatic heterocycles. The number of hydrogen-bond donors (Lipinski definition) is 1. The largest absolute Gasteiger partial charge is 0.465 e. The first-order valence-corrected chi connectivity index (χ1v) is 3.73. The van der Waals surface area contributed by atoms with Crippen LogP contribution in [0, 0.1) is 0 Å². The summed E-state index contributed by atoms with van der Waals surface area (Å²) in [4.78, 5) is 25.3. The lowest BCUT2D eigenvalue weighted by Crippen LogP contribution is -2.04. The minimum Gasteiger partial charge on any atom is -0.465 e. The molecule has 0 spiro atoms. The second kappa shape index (κ2) is 4.38. The Morgan fingerprint density at radius 3 is 1.86 bits per heavy atom. The summed E-state index contributed by atoms with van der Waals surface area (Å²) < 4.78 is 4.46. The van der Waals surface area contributed by atoms with Gasteiger partial charge in [-0.2, -0.15) is 5.26 Å².